The smallest absolute Gasteiger partial charge is 1.00 e. The summed E-state index contributed by atoms with van der Waals surface area (Å²) in [7, 11) is 0. The molecule has 0 aromatic carbocycles. The monoisotopic (exact) mass is 123 g/mol. The molecule has 1 aromatic heterocycles. The molecule has 1 nitrogen and oxygen atoms in total. The summed E-state index contributed by atoms with van der Waals surface area (Å²) >= 11 is 0. The van der Waals surface area contributed by atoms with Crippen molar-refractivity contribution in [3.63, 3.8) is 0 Å². The van der Waals surface area contributed by atoms with Gasteiger partial charge in [-0.1, -0.05) is 0 Å². The molecule has 0 aliphatic carbocycles. The molecule has 0 aliphatic heterocycles. The van der Waals surface area contributed by atoms with Gasteiger partial charge in [0.2, 0.25) is 5.95 Å². The molecule has 0 saturated carbocycles. The number of hydrogen-bond acceptors (Lipinski definition) is 1. The van der Waals surface area contributed by atoms with Gasteiger partial charge in [-0.2, -0.15) is 4.39 Å². The van der Waals surface area contributed by atoms with Gasteiger partial charge in [0.25, 0.3) is 0 Å². The first-order valence-electron chi connectivity index (χ1n) is 2.07. The van der Waals surface area contributed by atoms with E-state index in [2.05, 4.69) is 4.98 Å². The second kappa shape index (κ2) is 3.60. The average Bonchev–Trinajstić information content (AvgIpc) is 1.77. The molecule has 0 unspecified atom stereocenters. The van der Waals surface area contributed by atoms with Crippen LogP contribution in [0.2, 0.25) is 0 Å². The van der Waals surface area contributed by atoms with Crippen molar-refractivity contribution < 1.29 is 29.1 Å². The third kappa shape index (κ3) is 2.13. The van der Waals surface area contributed by atoms with Gasteiger partial charge in [-0.15, -0.1) is 0 Å². The van der Waals surface area contributed by atoms with Crippen molar-refractivity contribution in [1.82, 2.24) is 4.98 Å². The van der Waals surface area contributed by atoms with Crippen molar-refractivity contribution in [3.05, 3.63) is 30.1 Å². The van der Waals surface area contributed by atoms with Gasteiger partial charge in [-0.25, -0.2) is 9.37 Å². The van der Waals surface area contributed by atoms with Gasteiger partial charge in [0.1, 0.15) is 0 Å². The summed E-state index contributed by atoms with van der Waals surface area (Å²) < 4.78 is 23.7. The van der Waals surface area contributed by atoms with Crippen molar-refractivity contribution in [2.24, 2.45) is 0 Å². The molecule has 0 radical (unpaired) electrons. The summed E-state index contributed by atoms with van der Waals surface area (Å²) in [5.74, 6) is -1.96. The molecule has 0 saturated heterocycles. The summed E-state index contributed by atoms with van der Waals surface area (Å²) in [5.41, 5.74) is 0. The van der Waals surface area contributed by atoms with E-state index < -0.39 is 11.8 Å². The summed E-state index contributed by atoms with van der Waals surface area (Å²) in [6, 6.07) is 2.35. The summed E-state index contributed by atoms with van der Waals surface area (Å²) in [6.45, 7) is 0. The Morgan fingerprint density at radius 1 is 1.44 bits per heavy atom. The van der Waals surface area contributed by atoms with Crippen LogP contribution in [0.3, 0.4) is 0 Å². The van der Waals surface area contributed by atoms with Crippen LogP contribution in [0.15, 0.2) is 18.3 Å². The van der Waals surface area contributed by atoms with Gasteiger partial charge in [0.05, 0.1) is 0 Å². The fraction of sp³-hybridized carbons (Fsp3) is 0. The minimum Gasteiger partial charge on any atom is -1.00 e. The van der Waals surface area contributed by atoms with Gasteiger partial charge in [-0.05, 0) is 12.1 Å². The fourth-order valence-corrected chi connectivity index (χ4v) is 0.366. The first-order valence-corrected chi connectivity index (χ1v) is 2.07. The predicted molar refractivity (Wildman–Crippen MR) is 25.3 cm³/mol. The molecule has 0 bridgehead atoms. The van der Waals surface area contributed by atoms with Crippen LogP contribution >= 0.6 is 0 Å². The minimum absolute atomic E-state index is 0. The van der Waals surface area contributed by atoms with Gasteiger partial charge >= 0.3 is 18.9 Å². The Labute approximate surface area is 64.8 Å². The molecule has 9 heavy (non-hydrogen) atoms. The number of rotatable bonds is 0. The first-order chi connectivity index (χ1) is 3.80. The van der Waals surface area contributed by atoms with E-state index in [0.717, 1.165) is 6.07 Å². The Hall–Kier alpha value is -0.393. The van der Waals surface area contributed by atoms with E-state index in [1.807, 2.05) is 0 Å². The van der Waals surface area contributed by atoms with E-state index in [1.165, 1.54) is 12.3 Å². The average molecular weight is 123 g/mol. The number of hydrogen-bond donors (Lipinski definition) is 0. The largest absolute Gasteiger partial charge is 1.00 e. The molecular weight excluding hydrogens is 119 g/mol. The zero-order valence-corrected chi connectivity index (χ0v) is 4.94. The zero-order chi connectivity index (χ0) is 5.98. The molecule has 0 aliphatic rings. The SMILES string of the molecule is Fc1cccnc1F.[H-].[Li+]. The third-order valence-electron chi connectivity index (χ3n) is 0.714. The molecule has 0 N–H and O–H groups in total. The van der Waals surface area contributed by atoms with Crippen molar-refractivity contribution in [1.29, 1.82) is 0 Å². The number of halogens is 2. The molecule has 1 heterocycles. The van der Waals surface area contributed by atoms with Gasteiger partial charge in [0.15, 0.2) is 5.82 Å². The molecule has 0 amide bonds. The standard InChI is InChI=1S/C5H3F2N.Li.H/c6-4-2-1-3-8-5(4)7;;/h1-3H;;/q;+1;-1. The first kappa shape index (κ1) is 8.61. The second-order valence-electron chi connectivity index (χ2n) is 1.28. The van der Waals surface area contributed by atoms with Crippen LogP contribution in [0.1, 0.15) is 1.43 Å². The van der Waals surface area contributed by atoms with E-state index in [9.17, 15) is 8.78 Å². The van der Waals surface area contributed by atoms with E-state index >= 15 is 0 Å². The number of aromatic nitrogens is 1. The summed E-state index contributed by atoms with van der Waals surface area (Å²) in [4.78, 5) is 3.04. The number of nitrogens with zero attached hydrogens (tertiary/aromatic N) is 1. The zero-order valence-electron chi connectivity index (χ0n) is 5.94. The molecule has 1 aromatic rings. The molecule has 0 atom stereocenters. The second-order valence-corrected chi connectivity index (χ2v) is 1.28. The Balaban J connectivity index is 0. The van der Waals surface area contributed by atoms with Crippen LogP contribution in [0.4, 0.5) is 8.78 Å². The van der Waals surface area contributed by atoms with Gasteiger partial charge in [0, 0.05) is 6.20 Å². The Bertz CT molecular complexity index is 176. The van der Waals surface area contributed by atoms with Crippen LogP contribution < -0.4 is 18.9 Å². The summed E-state index contributed by atoms with van der Waals surface area (Å²) in [5, 5.41) is 0. The fourth-order valence-electron chi connectivity index (χ4n) is 0.366. The number of pyridine rings is 1. The van der Waals surface area contributed by atoms with Crippen molar-refractivity contribution in [2.45, 2.75) is 0 Å². The third-order valence-corrected chi connectivity index (χ3v) is 0.714. The Morgan fingerprint density at radius 3 is 2.44 bits per heavy atom. The molecule has 0 spiro atoms. The van der Waals surface area contributed by atoms with Gasteiger partial charge in [-0.3, -0.25) is 0 Å². The molecular formula is C5H4F2LiN. The van der Waals surface area contributed by atoms with Crippen molar-refractivity contribution in [3.8, 4) is 0 Å². The summed E-state index contributed by atoms with van der Waals surface area (Å²) in [6.07, 6.45) is 1.19. The Morgan fingerprint density at radius 2 is 2.11 bits per heavy atom. The quantitative estimate of drug-likeness (QED) is 0.301. The van der Waals surface area contributed by atoms with Crippen LogP contribution in [0.5, 0.6) is 0 Å². The van der Waals surface area contributed by atoms with Crippen LogP contribution in [0.25, 0.3) is 0 Å². The predicted octanol–water partition coefficient (Wildman–Crippen LogP) is -1.52. The molecule has 4 heteroatoms. The molecule has 44 valence electrons. The van der Waals surface area contributed by atoms with Crippen molar-refractivity contribution in [2.75, 3.05) is 0 Å². The van der Waals surface area contributed by atoms with Gasteiger partial charge < -0.3 is 1.43 Å². The minimum atomic E-state index is -1.05. The van der Waals surface area contributed by atoms with E-state index in [0.29, 0.717) is 0 Å². The van der Waals surface area contributed by atoms with Crippen LogP contribution in [0, 0.1) is 11.8 Å². The van der Waals surface area contributed by atoms with E-state index in [-0.39, 0.29) is 20.3 Å². The molecule has 0 fully saturated rings. The Kier molecular flexibility index (Phi) is 3.44. The van der Waals surface area contributed by atoms with Crippen LogP contribution in [-0.2, 0) is 0 Å². The maximum atomic E-state index is 11.9. The maximum Gasteiger partial charge on any atom is 1.00 e. The van der Waals surface area contributed by atoms with Crippen LogP contribution in [-0.4, -0.2) is 4.98 Å². The van der Waals surface area contributed by atoms with E-state index in [1.54, 1.807) is 0 Å². The molecule has 1 rings (SSSR count). The normalized spacial score (nSPS) is 8.22. The topological polar surface area (TPSA) is 12.9 Å². The van der Waals surface area contributed by atoms with E-state index in [4.69, 9.17) is 0 Å². The van der Waals surface area contributed by atoms with Crippen molar-refractivity contribution >= 4 is 0 Å². The maximum absolute atomic E-state index is 11.9.